The van der Waals surface area contributed by atoms with E-state index in [0.29, 0.717) is 6.54 Å². The van der Waals surface area contributed by atoms with E-state index in [1.54, 1.807) is 11.0 Å². The average Bonchev–Trinajstić information content (AvgIpc) is 2.73. The van der Waals surface area contributed by atoms with Gasteiger partial charge in [-0.3, -0.25) is 4.79 Å². The number of hydrogen-bond donors (Lipinski definition) is 1. The van der Waals surface area contributed by atoms with Gasteiger partial charge in [0.2, 0.25) is 5.91 Å². The molecule has 2 rings (SSSR count). The van der Waals surface area contributed by atoms with Crippen LogP contribution in [0.1, 0.15) is 31.7 Å². The summed E-state index contributed by atoms with van der Waals surface area (Å²) in [7, 11) is 0. The van der Waals surface area contributed by atoms with Crippen molar-refractivity contribution in [2.45, 2.75) is 38.8 Å². The van der Waals surface area contributed by atoms with E-state index in [4.69, 9.17) is 11.2 Å². The van der Waals surface area contributed by atoms with Crippen LogP contribution in [0.4, 0.5) is 4.79 Å². The van der Waals surface area contributed by atoms with Crippen LogP contribution in [-0.4, -0.2) is 36.0 Å². The number of carbonyl (C=O) groups excluding carboxylic acids is 2. The largest absolute Gasteiger partial charge is 0.445 e. The molecule has 144 valence electrons. The van der Waals surface area contributed by atoms with Crippen LogP contribution in [0.5, 0.6) is 0 Å². The van der Waals surface area contributed by atoms with Crippen molar-refractivity contribution >= 4 is 12.0 Å². The smallest absolute Gasteiger partial charge is 0.407 e. The second-order valence-corrected chi connectivity index (χ2v) is 6.97. The summed E-state index contributed by atoms with van der Waals surface area (Å²) in [6.07, 6.45) is 9.13. The Morgan fingerprint density at radius 1 is 1.41 bits per heavy atom. The summed E-state index contributed by atoms with van der Waals surface area (Å²) < 4.78 is 5.35. The molecule has 0 radical (unpaired) electrons. The van der Waals surface area contributed by atoms with Gasteiger partial charge in [0.25, 0.3) is 0 Å². The zero-order chi connectivity index (χ0) is 19.6. The molecule has 1 saturated heterocycles. The summed E-state index contributed by atoms with van der Waals surface area (Å²) in [6, 6.07) is 9.39. The van der Waals surface area contributed by atoms with E-state index in [1.807, 2.05) is 37.3 Å². The van der Waals surface area contributed by atoms with Crippen LogP contribution in [0.15, 0.2) is 43.0 Å². The summed E-state index contributed by atoms with van der Waals surface area (Å²) in [5.74, 6) is 2.45. The normalized spacial score (nSPS) is 23.3. The van der Waals surface area contributed by atoms with Crippen LogP contribution in [0.2, 0.25) is 0 Å². The van der Waals surface area contributed by atoms with Crippen LogP contribution in [0.25, 0.3) is 0 Å². The molecule has 1 aliphatic heterocycles. The second kappa shape index (κ2) is 10.4. The minimum absolute atomic E-state index is 0.0621. The number of ether oxygens (including phenoxy) is 1. The molecule has 2 amide bonds. The van der Waals surface area contributed by atoms with Crippen molar-refractivity contribution in [1.82, 2.24) is 10.2 Å². The minimum atomic E-state index is -0.460. The fourth-order valence-electron chi connectivity index (χ4n) is 3.35. The monoisotopic (exact) mass is 368 g/mol. The van der Waals surface area contributed by atoms with Crippen LogP contribution >= 0.6 is 0 Å². The molecule has 27 heavy (non-hydrogen) atoms. The molecule has 0 saturated carbocycles. The Hall–Kier alpha value is -2.74. The predicted octanol–water partition coefficient (Wildman–Crippen LogP) is 3.37. The van der Waals surface area contributed by atoms with Gasteiger partial charge >= 0.3 is 6.09 Å². The lowest BCUT2D eigenvalue weighted by Gasteiger charge is -2.29. The molecule has 5 heteroatoms. The van der Waals surface area contributed by atoms with Crippen molar-refractivity contribution in [3.05, 3.63) is 48.6 Å². The number of nitrogens with one attached hydrogen (secondary N) is 1. The number of terminal acetylenes is 1. The van der Waals surface area contributed by atoms with E-state index in [0.717, 1.165) is 24.8 Å². The van der Waals surface area contributed by atoms with Gasteiger partial charge in [-0.05, 0) is 18.4 Å². The second-order valence-electron chi connectivity index (χ2n) is 6.97. The van der Waals surface area contributed by atoms with Gasteiger partial charge in [-0.15, -0.1) is 13.0 Å². The Labute approximate surface area is 161 Å². The summed E-state index contributed by atoms with van der Waals surface area (Å²) >= 11 is 0. The maximum Gasteiger partial charge on any atom is 0.407 e. The lowest BCUT2D eigenvalue weighted by molar-refractivity contribution is -0.134. The predicted molar refractivity (Wildman–Crippen MR) is 106 cm³/mol. The topological polar surface area (TPSA) is 58.6 Å². The van der Waals surface area contributed by atoms with Gasteiger partial charge in [-0.1, -0.05) is 55.7 Å². The Bertz CT molecular complexity index is 681. The van der Waals surface area contributed by atoms with E-state index in [2.05, 4.69) is 17.8 Å². The van der Waals surface area contributed by atoms with Crippen LogP contribution in [0, 0.1) is 24.2 Å². The lowest BCUT2D eigenvalue weighted by atomic mass is 9.94. The SMILES string of the molecule is C#CCN1C[C@H](C=C)[C@@H](NC(=O)OCc2ccccc2)CCCC(C)C1=O. The third-order valence-corrected chi connectivity index (χ3v) is 4.93. The van der Waals surface area contributed by atoms with Crippen LogP contribution in [0.3, 0.4) is 0 Å². The first-order valence-electron chi connectivity index (χ1n) is 9.37. The third kappa shape index (κ3) is 6.18. The fraction of sp³-hybridized carbons (Fsp3) is 0.455. The molecule has 0 bridgehead atoms. The number of amides is 2. The number of benzene rings is 1. The van der Waals surface area contributed by atoms with Crippen molar-refractivity contribution in [2.24, 2.45) is 11.8 Å². The van der Waals surface area contributed by atoms with E-state index >= 15 is 0 Å². The van der Waals surface area contributed by atoms with E-state index in [9.17, 15) is 9.59 Å². The summed E-state index contributed by atoms with van der Waals surface area (Å²) in [5.41, 5.74) is 0.932. The molecular weight excluding hydrogens is 340 g/mol. The van der Waals surface area contributed by atoms with Gasteiger partial charge in [-0.25, -0.2) is 4.79 Å². The molecule has 1 aliphatic rings. The van der Waals surface area contributed by atoms with Gasteiger partial charge in [0.05, 0.1) is 6.54 Å². The number of carbonyl (C=O) groups is 2. The highest BCUT2D eigenvalue weighted by molar-refractivity contribution is 5.78. The van der Waals surface area contributed by atoms with Gasteiger partial charge in [-0.2, -0.15) is 0 Å². The molecule has 1 N–H and O–H groups in total. The summed E-state index contributed by atoms with van der Waals surface area (Å²) in [6.45, 7) is 6.75. The van der Waals surface area contributed by atoms with Crippen LogP contribution in [-0.2, 0) is 16.1 Å². The highest BCUT2D eigenvalue weighted by atomic mass is 16.5. The first-order chi connectivity index (χ1) is 13.0. The molecule has 1 aromatic rings. The van der Waals surface area contributed by atoms with Gasteiger partial charge in [0, 0.05) is 24.4 Å². The zero-order valence-corrected chi connectivity index (χ0v) is 15.9. The maximum absolute atomic E-state index is 12.6. The standard InChI is InChI=1S/C22H28N2O3/c1-4-14-24-15-19(5-2)20(13-9-10-17(3)21(24)25)23-22(26)27-16-18-11-7-6-8-12-18/h1,5-8,11-12,17,19-20H,2,9-10,13-16H2,3H3,(H,23,26)/t17?,19-,20-/m0/s1. The third-order valence-electron chi connectivity index (χ3n) is 4.93. The number of nitrogens with zero attached hydrogens (tertiary/aromatic N) is 1. The minimum Gasteiger partial charge on any atom is -0.445 e. The lowest BCUT2D eigenvalue weighted by Crippen LogP contribution is -2.45. The molecule has 0 aliphatic carbocycles. The van der Waals surface area contributed by atoms with Crippen molar-refractivity contribution < 1.29 is 14.3 Å². The molecule has 5 nitrogen and oxygen atoms in total. The van der Waals surface area contributed by atoms with Crippen molar-refractivity contribution in [3.63, 3.8) is 0 Å². The molecule has 1 aromatic carbocycles. The highest BCUT2D eigenvalue weighted by Crippen LogP contribution is 2.22. The quantitative estimate of drug-likeness (QED) is 0.640. The van der Waals surface area contributed by atoms with E-state index < -0.39 is 6.09 Å². The Morgan fingerprint density at radius 3 is 2.81 bits per heavy atom. The van der Waals surface area contributed by atoms with Gasteiger partial charge in [0.15, 0.2) is 0 Å². The van der Waals surface area contributed by atoms with Gasteiger partial charge in [0.1, 0.15) is 6.61 Å². The number of alkyl carbamates (subject to hydrolysis) is 1. The molecule has 3 atom stereocenters. The Kier molecular flexibility index (Phi) is 7.94. The molecule has 1 unspecified atom stereocenters. The molecule has 1 fully saturated rings. The highest BCUT2D eigenvalue weighted by Gasteiger charge is 2.29. The molecule has 0 spiro atoms. The Balaban J connectivity index is 2.02. The average molecular weight is 368 g/mol. The molecule has 0 aromatic heterocycles. The van der Waals surface area contributed by atoms with Gasteiger partial charge < -0.3 is 15.0 Å². The maximum atomic E-state index is 12.6. The Morgan fingerprint density at radius 2 is 2.15 bits per heavy atom. The van der Waals surface area contributed by atoms with Crippen LogP contribution < -0.4 is 5.32 Å². The first-order valence-corrected chi connectivity index (χ1v) is 9.37. The first kappa shape index (κ1) is 20.6. The zero-order valence-electron chi connectivity index (χ0n) is 15.9. The van der Waals surface area contributed by atoms with Crippen molar-refractivity contribution in [1.29, 1.82) is 0 Å². The van der Waals surface area contributed by atoms with E-state index in [1.165, 1.54) is 0 Å². The number of hydrogen-bond acceptors (Lipinski definition) is 3. The van der Waals surface area contributed by atoms with E-state index in [-0.39, 0.29) is 36.9 Å². The number of rotatable bonds is 5. The fourth-order valence-corrected chi connectivity index (χ4v) is 3.35. The molecular formula is C22H28N2O3. The summed E-state index contributed by atoms with van der Waals surface area (Å²) in [5, 5.41) is 2.96. The summed E-state index contributed by atoms with van der Waals surface area (Å²) in [4.78, 5) is 26.5. The van der Waals surface area contributed by atoms with Crippen molar-refractivity contribution in [3.8, 4) is 12.3 Å². The molecule has 1 heterocycles. The van der Waals surface area contributed by atoms with Crippen molar-refractivity contribution in [2.75, 3.05) is 13.1 Å².